The fourth-order valence-corrected chi connectivity index (χ4v) is 10.1. The summed E-state index contributed by atoms with van der Waals surface area (Å²) in [5, 5.41) is 6.86. The summed E-state index contributed by atoms with van der Waals surface area (Å²) >= 11 is 1.80. The highest BCUT2D eigenvalue weighted by atomic mass is 32.1. The fraction of sp³-hybridized carbons (Fsp3) is 0. The third-order valence-electron chi connectivity index (χ3n) is 12.1. The van der Waals surface area contributed by atoms with Gasteiger partial charge in [-0.3, -0.25) is 0 Å². The van der Waals surface area contributed by atoms with Crippen LogP contribution in [0.25, 0.3) is 132 Å². The molecule has 0 unspecified atom stereocenters. The minimum Gasteiger partial charge on any atom is -0.456 e. The number of aromatic nitrogens is 5. The van der Waals surface area contributed by atoms with Crippen molar-refractivity contribution in [2.75, 3.05) is 0 Å². The Labute approximate surface area is 364 Å². The number of nitrogens with one attached hydrogen (secondary N) is 1. The van der Waals surface area contributed by atoms with E-state index < -0.39 is 0 Å². The van der Waals surface area contributed by atoms with Crippen molar-refractivity contribution in [3.8, 4) is 67.7 Å². The lowest BCUT2D eigenvalue weighted by Crippen LogP contribution is -2.00. The number of furan rings is 1. The van der Waals surface area contributed by atoms with Crippen LogP contribution < -0.4 is 0 Å². The molecule has 0 aliphatic rings. The molecule has 0 bridgehead atoms. The molecular formula is C56H33N5OS. The average molecular weight is 824 g/mol. The quantitative estimate of drug-likeness (QED) is 0.181. The number of aromatic amines is 1. The highest BCUT2D eigenvalue weighted by molar-refractivity contribution is 7.25. The molecule has 0 aliphatic heterocycles. The second kappa shape index (κ2) is 14.2. The zero-order valence-electron chi connectivity index (χ0n) is 33.6. The van der Waals surface area contributed by atoms with E-state index in [-0.39, 0.29) is 0 Å². The number of thiophene rings is 1. The molecule has 13 aromatic rings. The Morgan fingerprint density at radius 1 is 0.397 bits per heavy atom. The summed E-state index contributed by atoms with van der Waals surface area (Å²) < 4.78 is 8.86. The van der Waals surface area contributed by atoms with Crippen molar-refractivity contribution in [1.29, 1.82) is 0 Å². The van der Waals surface area contributed by atoms with Gasteiger partial charge in [0.05, 0.1) is 16.7 Å². The van der Waals surface area contributed by atoms with Crippen molar-refractivity contribution >= 4 is 75.3 Å². The molecule has 8 aromatic carbocycles. The molecule has 13 rings (SSSR count). The summed E-state index contributed by atoms with van der Waals surface area (Å²) in [6, 6.07) is 65.8. The number of hydrogen-bond donors (Lipinski definition) is 1. The molecule has 0 amide bonds. The normalized spacial score (nSPS) is 11.8. The van der Waals surface area contributed by atoms with E-state index in [1.165, 1.54) is 20.2 Å². The first kappa shape index (κ1) is 35.5. The Kier molecular flexibility index (Phi) is 7.98. The number of para-hydroxylation sites is 1. The lowest BCUT2D eigenvalue weighted by molar-refractivity contribution is 0.669. The maximum absolute atomic E-state index is 6.35. The number of fused-ring (bicyclic) bond motifs is 9. The molecule has 294 valence electrons. The van der Waals surface area contributed by atoms with E-state index in [9.17, 15) is 0 Å². The Morgan fingerprint density at radius 3 is 1.92 bits per heavy atom. The van der Waals surface area contributed by atoms with E-state index >= 15 is 0 Å². The average Bonchev–Trinajstić information content (AvgIpc) is 4.10. The van der Waals surface area contributed by atoms with Crippen LogP contribution in [0.2, 0.25) is 0 Å². The van der Waals surface area contributed by atoms with E-state index in [2.05, 4.69) is 145 Å². The van der Waals surface area contributed by atoms with Crippen molar-refractivity contribution in [3.05, 3.63) is 194 Å². The van der Waals surface area contributed by atoms with Gasteiger partial charge in [0.1, 0.15) is 11.2 Å². The molecular weight excluding hydrogens is 791 g/mol. The van der Waals surface area contributed by atoms with Gasteiger partial charge in [0, 0.05) is 70.2 Å². The minimum absolute atomic E-state index is 0.615. The lowest BCUT2D eigenvalue weighted by atomic mass is 9.92. The molecule has 0 aliphatic carbocycles. The van der Waals surface area contributed by atoms with E-state index in [4.69, 9.17) is 24.4 Å². The molecule has 7 heteroatoms. The van der Waals surface area contributed by atoms with Crippen molar-refractivity contribution in [2.45, 2.75) is 0 Å². The third-order valence-corrected chi connectivity index (χ3v) is 13.3. The van der Waals surface area contributed by atoms with Crippen LogP contribution in [0.1, 0.15) is 0 Å². The van der Waals surface area contributed by atoms with Crippen LogP contribution in [0, 0.1) is 0 Å². The van der Waals surface area contributed by atoms with Crippen molar-refractivity contribution in [2.24, 2.45) is 0 Å². The summed E-state index contributed by atoms with van der Waals surface area (Å²) in [6.45, 7) is 0. The maximum Gasteiger partial charge on any atom is 0.164 e. The molecule has 0 saturated heterocycles. The second-order valence-corrected chi connectivity index (χ2v) is 17.0. The van der Waals surface area contributed by atoms with Crippen LogP contribution in [-0.2, 0) is 0 Å². The van der Waals surface area contributed by atoms with Gasteiger partial charge in [-0.15, -0.1) is 11.3 Å². The molecule has 0 fully saturated rings. The van der Waals surface area contributed by atoms with Gasteiger partial charge in [-0.25, -0.2) is 19.9 Å². The van der Waals surface area contributed by atoms with Crippen LogP contribution in [0.3, 0.4) is 0 Å². The predicted octanol–water partition coefficient (Wildman–Crippen LogP) is 15.2. The number of pyridine rings is 1. The number of nitrogens with zero attached hydrogens (tertiary/aromatic N) is 4. The van der Waals surface area contributed by atoms with Gasteiger partial charge >= 0.3 is 0 Å². The van der Waals surface area contributed by atoms with Gasteiger partial charge in [-0.05, 0) is 89.0 Å². The van der Waals surface area contributed by atoms with Crippen molar-refractivity contribution in [3.63, 3.8) is 0 Å². The Hall–Kier alpha value is -8.26. The van der Waals surface area contributed by atoms with Crippen LogP contribution in [0.5, 0.6) is 0 Å². The van der Waals surface area contributed by atoms with Crippen molar-refractivity contribution in [1.82, 2.24) is 24.9 Å². The number of rotatable bonds is 6. The summed E-state index contributed by atoms with van der Waals surface area (Å²) in [7, 11) is 0. The molecule has 6 nitrogen and oxygen atoms in total. The van der Waals surface area contributed by atoms with E-state index in [0.29, 0.717) is 17.5 Å². The largest absolute Gasteiger partial charge is 0.456 e. The summed E-state index contributed by atoms with van der Waals surface area (Å²) in [5.74, 6) is 1.88. The zero-order valence-corrected chi connectivity index (χ0v) is 34.4. The predicted molar refractivity (Wildman–Crippen MR) is 260 cm³/mol. The summed E-state index contributed by atoms with van der Waals surface area (Å²) in [5.41, 5.74) is 12.7. The maximum atomic E-state index is 6.35. The third kappa shape index (κ3) is 6.01. The molecule has 0 spiro atoms. The fourth-order valence-electron chi connectivity index (χ4n) is 9.01. The molecule has 0 radical (unpaired) electrons. The molecule has 0 saturated carbocycles. The molecule has 5 aromatic heterocycles. The Balaban J connectivity index is 0.957. The SMILES string of the molecule is c1ccc(-c2nc(-c3ccc(-c4cc(-c5ccc6ccc7cc[nH]c7c6n5)cc(-c5cccc6oc7ccccc7c56)c4)cc3)nc(-c3ccc4sc5ccccc5c4c3)n2)cc1. The Morgan fingerprint density at radius 2 is 1.05 bits per heavy atom. The number of H-pyrrole nitrogens is 1. The number of hydrogen-bond acceptors (Lipinski definition) is 6. The molecule has 5 heterocycles. The first-order chi connectivity index (χ1) is 31.2. The first-order valence-corrected chi connectivity index (χ1v) is 21.8. The highest BCUT2D eigenvalue weighted by Gasteiger charge is 2.18. The standard InChI is InChI=1S/C56H33N5OS/c1-2-9-36(10-3-1)54-59-55(61-56(60-54)38-24-26-50-45(32-38)43-11-5-7-16-49(43)63-50)37-21-17-33(18-22-37)39-29-40(42-13-8-15-48-51(42)44-12-4-6-14-47(44)62-48)31-41(30-39)46-25-23-34-19-20-35-27-28-57-52(35)53(34)58-46/h1-32,57H. The van der Waals surface area contributed by atoms with Crippen LogP contribution in [0.15, 0.2) is 199 Å². The smallest absolute Gasteiger partial charge is 0.164 e. The summed E-state index contributed by atoms with van der Waals surface area (Å²) in [6.07, 6.45) is 1.97. The van der Waals surface area contributed by atoms with Crippen LogP contribution in [-0.4, -0.2) is 24.9 Å². The molecule has 0 atom stereocenters. The first-order valence-electron chi connectivity index (χ1n) is 20.9. The van der Waals surface area contributed by atoms with E-state index in [1.54, 1.807) is 11.3 Å². The van der Waals surface area contributed by atoms with E-state index in [1.807, 2.05) is 54.7 Å². The van der Waals surface area contributed by atoms with Crippen LogP contribution in [0.4, 0.5) is 0 Å². The summed E-state index contributed by atoms with van der Waals surface area (Å²) in [4.78, 5) is 24.0. The second-order valence-electron chi connectivity index (χ2n) is 15.9. The van der Waals surface area contributed by atoms with Gasteiger partial charge in [0.25, 0.3) is 0 Å². The van der Waals surface area contributed by atoms with Gasteiger partial charge in [-0.1, -0.05) is 121 Å². The lowest BCUT2D eigenvalue weighted by Gasteiger charge is -2.13. The topological polar surface area (TPSA) is 80.5 Å². The monoisotopic (exact) mass is 823 g/mol. The molecule has 1 N–H and O–H groups in total. The zero-order chi connectivity index (χ0) is 41.4. The van der Waals surface area contributed by atoms with Crippen LogP contribution >= 0.6 is 11.3 Å². The van der Waals surface area contributed by atoms with Gasteiger partial charge < -0.3 is 9.40 Å². The highest BCUT2D eigenvalue weighted by Crippen LogP contribution is 2.41. The van der Waals surface area contributed by atoms with Gasteiger partial charge in [0.2, 0.25) is 0 Å². The van der Waals surface area contributed by atoms with E-state index in [0.717, 1.165) is 93.9 Å². The molecule has 63 heavy (non-hydrogen) atoms. The Bertz CT molecular complexity index is 3920. The van der Waals surface area contributed by atoms with Crippen molar-refractivity contribution < 1.29 is 4.42 Å². The van der Waals surface area contributed by atoms with Gasteiger partial charge in [0.15, 0.2) is 17.5 Å². The number of benzene rings is 8. The minimum atomic E-state index is 0.615. The van der Waals surface area contributed by atoms with Gasteiger partial charge in [-0.2, -0.15) is 0 Å².